The van der Waals surface area contributed by atoms with Crippen molar-refractivity contribution in [2.45, 2.75) is 12.5 Å². The van der Waals surface area contributed by atoms with Crippen molar-refractivity contribution in [3.63, 3.8) is 0 Å². The minimum absolute atomic E-state index is 0.260. The fraction of sp³-hybridized carbons (Fsp3) is 0.538. The summed E-state index contributed by atoms with van der Waals surface area (Å²) in [5.74, 6) is 1.82. The maximum Gasteiger partial charge on any atom is 0.123 e. The summed E-state index contributed by atoms with van der Waals surface area (Å²) in [7, 11) is 2.33. The van der Waals surface area contributed by atoms with Crippen LogP contribution >= 0.6 is 0 Å². The van der Waals surface area contributed by atoms with Gasteiger partial charge in [-0.05, 0) is 12.5 Å². The molecule has 0 aromatic heterocycles. The van der Waals surface area contributed by atoms with E-state index in [-0.39, 0.29) is 6.04 Å². The molecule has 2 atom stereocenters. The van der Waals surface area contributed by atoms with Crippen LogP contribution in [-0.4, -0.2) is 36.5 Å². The molecular weight excluding hydrogens is 250 g/mol. The Morgan fingerprint density at radius 3 is 2.72 bits per heavy atom. The Bertz CT molecular complexity index is 384. The molecule has 1 rings (SSSR count). The van der Waals surface area contributed by atoms with Gasteiger partial charge >= 0.3 is 0 Å². The maximum absolute atomic E-state index is 11.8. The van der Waals surface area contributed by atoms with Gasteiger partial charge in [-0.3, -0.25) is 4.21 Å². The van der Waals surface area contributed by atoms with E-state index in [0.29, 0.717) is 18.1 Å². The highest BCUT2D eigenvalue weighted by atomic mass is 32.2. The van der Waals surface area contributed by atoms with Crippen LogP contribution < -0.4 is 10.5 Å². The van der Waals surface area contributed by atoms with Crippen molar-refractivity contribution < 1.29 is 13.7 Å². The Morgan fingerprint density at radius 1 is 1.33 bits per heavy atom. The normalized spacial score (nSPS) is 14.2. The molecule has 0 heterocycles. The molecule has 0 amide bonds. The van der Waals surface area contributed by atoms with Gasteiger partial charge in [0.05, 0.1) is 7.11 Å². The van der Waals surface area contributed by atoms with E-state index < -0.39 is 10.8 Å². The first-order valence-corrected chi connectivity index (χ1v) is 7.40. The lowest BCUT2D eigenvalue weighted by molar-refractivity contribution is 0.200. The van der Waals surface area contributed by atoms with Crippen molar-refractivity contribution in [3.05, 3.63) is 29.8 Å². The van der Waals surface area contributed by atoms with Gasteiger partial charge in [-0.1, -0.05) is 18.2 Å². The number of rotatable bonds is 8. The number of para-hydroxylation sites is 1. The van der Waals surface area contributed by atoms with Crippen LogP contribution in [0.2, 0.25) is 0 Å². The first-order chi connectivity index (χ1) is 8.69. The van der Waals surface area contributed by atoms with Crippen LogP contribution in [0.3, 0.4) is 0 Å². The van der Waals surface area contributed by atoms with Crippen molar-refractivity contribution in [3.8, 4) is 5.75 Å². The predicted octanol–water partition coefficient (Wildman–Crippen LogP) is 1.48. The molecule has 0 fully saturated rings. The highest BCUT2D eigenvalue weighted by Crippen LogP contribution is 2.23. The fourth-order valence-electron chi connectivity index (χ4n) is 1.71. The van der Waals surface area contributed by atoms with Crippen LogP contribution in [0, 0.1) is 0 Å². The van der Waals surface area contributed by atoms with Gasteiger partial charge in [0.2, 0.25) is 0 Å². The molecule has 5 heteroatoms. The second-order valence-corrected chi connectivity index (χ2v) is 5.63. The lowest BCUT2D eigenvalue weighted by Gasteiger charge is -2.15. The molecule has 0 saturated heterocycles. The maximum atomic E-state index is 11.8. The van der Waals surface area contributed by atoms with Gasteiger partial charge in [-0.2, -0.15) is 0 Å². The van der Waals surface area contributed by atoms with Gasteiger partial charge in [0.15, 0.2) is 0 Å². The molecule has 0 aliphatic heterocycles. The summed E-state index contributed by atoms with van der Waals surface area (Å²) in [4.78, 5) is 0. The fourth-order valence-corrected chi connectivity index (χ4v) is 2.90. The first kappa shape index (κ1) is 15.1. The Hall–Kier alpha value is -0.910. The molecular formula is C13H21NO3S. The highest BCUT2D eigenvalue weighted by Gasteiger charge is 2.14. The van der Waals surface area contributed by atoms with Crippen LogP contribution in [0.25, 0.3) is 0 Å². The quantitative estimate of drug-likeness (QED) is 0.728. The zero-order valence-corrected chi connectivity index (χ0v) is 11.7. The van der Waals surface area contributed by atoms with Crippen LogP contribution in [0.1, 0.15) is 18.0 Å². The standard InChI is InChI=1S/C13H21NO3S/c1-16-8-5-9-18(15)10-12(14)11-6-3-4-7-13(11)17-2/h3-4,6-7,12H,5,8-10,14H2,1-2H3. The third kappa shape index (κ3) is 4.76. The molecule has 0 bridgehead atoms. The third-order valence-corrected chi connectivity index (χ3v) is 4.10. The molecule has 0 radical (unpaired) electrons. The van der Waals surface area contributed by atoms with Crippen molar-refractivity contribution >= 4 is 10.8 Å². The summed E-state index contributed by atoms with van der Waals surface area (Å²) in [6.45, 7) is 0.635. The first-order valence-electron chi connectivity index (χ1n) is 5.91. The lowest BCUT2D eigenvalue weighted by atomic mass is 10.1. The van der Waals surface area contributed by atoms with Gasteiger partial charge in [-0.15, -0.1) is 0 Å². The Labute approximate surface area is 111 Å². The minimum atomic E-state index is -0.923. The van der Waals surface area contributed by atoms with Gasteiger partial charge in [0, 0.05) is 47.6 Å². The van der Waals surface area contributed by atoms with Crippen molar-refractivity contribution in [2.24, 2.45) is 5.73 Å². The van der Waals surface area contributed by atoms with Gasteiger partial charge in [0.25, 0.3) is 0 Å². The Balaban J connectivity index is 2.53. The van der Waals surface area contributed by atoms with Crippen LogP contribution in [0.4, 0.5) is 0 Å². The summed E-state index contributed by atoms with van der Waals surface area (Å²) in [6.07, 6.45) is 0.793. The minimum Gasteiger partial charge on any atom is -0.496 e. The summed E-state index contributed by atoms with van der Waals surface area (Å²) >= 11 is 0. The van der Waals surface area contributed by atoms with E-state index in [4.69, 9.17) is 15.2 Å². The van der Waals surface area contributed by atoms with E-state index in [9.17, 15) is 4.21 Å². The molecule has 1 aromatic rings. The number of methoxy groups -OCH3 is 2. The van der Waals surface area contributed by atoms with Crippen LogP contribution in [0.5, 0.6) is 5.75 Å². The van der Waals surface area contributed by atoms with Crippen LogP contribution in [-0.2, 0) is 15.5 Å². The number of nitrogens with two attached hydrogens (primary N) is 1. The number of benzene rings is 1. The number of ether oxygens (including phenoxy) is 2. The topological polar surface area (TPSA) is 61.5 Å². The lowest BCUT2D eigenvalue weighted by Crippen LogP contribution is -2.20. The summed E-state index contributed by atoms with van der Waals surface area (Å²) in [5, 5.41) is 0. The smallest absolute Gasteiger partial charge is 0.123 e. The average molecular weight is 271 g/mol. The molecule has 2 unspecified atom stereocenters. The third-order valence-electron chi connectivity index (χ3n) is 2.62. The van der Waals surface area contributed by atoms with E-state index >= 15 is 0 Å². The van der Waals surface area contributed by atoms with Crippen molar-refractivity contribution in [2.75, 3.05) is 32.3 Å². The van der Waals surface area contributed by atoms with E-state index in [0.717, 1.165) is 17.7 Å². The number of hydrogen-bond donors (Lipinski definition) is 1. The zero-order chi connectivity index (χ0) is 13.4. The molecule has 18 heavy (non-hydrogen) atoms. The van der Waals surface area contributed by atoms with Crippen molar-refractivity contribution in [1.82, 2.24) is 0 Å². The molecule has 1 aromatic carbocycles. The summed E-state index contributed by atoms with van der Waals surface area (Å²) in [5.41, 5.74) is 6.98. The zero-order valence-electron chi connectivity index (χ0n) is 10.9. The summed E-state index contributed by atoms with van der Waals surface area (Å²) in [6, 6.07) is 7.32. The van der Waals surface area contributed by atoms with E-state index in [2.05, 4.69) is 0 Å². The van der Waals surface area contributed by atoms with Crippen LogP contribution in [0.15, 0.2) is 24.3 Å². The van der Waals surface area contributed by atoms with Gasteiger partial charge < -0.3 is 15.2 Å². The molecule has 4 nitrogen and oxygen atoms in total. The van der Waals surface area contributed by atoms with Gasteiger partial charge in [-0.25, -0.2) is 0 Å². The number of hydrogen-bond acceptors (Lipinski definition) is 4. The molecule has 0 aliphatic carbocycles. The molecule has 0 saturated carbocycles. The second kappa shape index (κ2) is 8.24. The molecule has 2 N–H and O–H groups in total. The molecule has 0 spiro atoms. The average Bonchev–Trinajstić information content (AvgIpc) is 2.39. The van der Waals surface area contributed by atoms with Gasteiger partial charge in [0.1, 0.15) is 5.75 Å². The SMILES string of the molecule is COCCCS(=O)CC(N)c1ccccc1OC. The molecule has 102 valence electrons. The largest absolute Gasteiger partial charge is 0.496 e. The van der Waals surface area contributed by atoms with E-state index in [1.54, 1.807) is 14.2 Å². The van der Waals surface area contributed by atoms with E-state index in [1.807, 2.05) is 24.3 Å². The predicted molar refractivity (Wildman–Crippen MR) is 74.3 cm³/mol. The summed E-state index contributed by atoms with van der Waals surface area (Å²) < 4.78 is 22.0. The Morgan fingerprint density at radius 2 is 2.06 bits per heavy atom. The monoisotopic (exact) mass is 271 g/mol. The van der Waals surface area contributed by atoms with Crippen molar-refractivity contribution in [1.29, 1.82) is 0 Å². The second-order valence-electron chi connectivity index (χ2n) is 4.01. The highest BCUT2D eigenvalue weighted by molar-refractivity contribution is 7.85. The molecule has 0 aliphatic rings. The Kier molecular flexibility index (Phi) is 6.93. The van der Waals surface area contributed by atoms with E-state index in [1.165, 1.54) is 0 Å².